The Bertz CT molecular complexity index is 229. The molecule has 0 unspecified atom stereocenters. The molecule has 0 atom stereocenters. The van der Waals surface area contributed by atoms with Crippen LogP contribution in [0.3, 0.4) is 0 Å². The van der Waals surface area contributed by atoms with Gasteiger partial charge in [0.15, 0.2) is 0 Å². The first-order chi connectivity index (χ1) is 6.96. The summed E-state index contributed by atoms with van der Waals surface area (Å²) in [6.07, 6.45) is 0.686. The third-order valence-corrected chi connectivity index (χ3v) is 3.32. The molecule has 1 rings (SSSR count). The number of hydrogen-bond donors (Lipinski definition) is 0. The first-order valence-electron chi connectivity index (χ1n) is 5.51. The highest BCUT2D eigenvalue weighted by molar-refractivity contribution is 5.76. The van der Waals surface area contributed by atoms with Gasteiger partial charge in [-0.3, -0.25) is 4.79 Å². The van der Waals surface area contributed by atoms with Crippen molar-refractivity contribution in [3.05, 3.63) is 0 Å². The van der Waals surface area contributed by atoms with Gasteiger partial charge in [0.2, 0.25) is 5.92 Å². The Balaban J connectivity index is 2.68. The number of ether oxygens (including phenoxy) is 1. The molecule has 0 amide bonds. The van der Waals surface area contributed by atoms with Crippen LogP contribution in [0.1, 0.15) is 46.0 Å². The molecule has 1 fully saturated rings. The number of halogens is 2. The van der Waals surface area contributed by atoms with Gasteiger partial charge in [-0.25, -0.2) is 8.78 Å². The molecule has 4 heteroatoms. The van der Waals surface area contributed by atoms with Crippen LogP contribution < -0.4 is 0 Å². The number of carbonyl (C=O) groups is 1. The van der Waals surface area contributed by atoms with E-state index in [9.17, 15) is 13.6 Å². The summed E-state index contributed by atoms with van der Waals surface area (Å²) in [7, 11) is 0. The maximum absolute atomic E-state index is 13.0. The van der Waals surface area contributed by atoms with Crippen LogP contribution in [0.5, 0.6) is 0 Å². The molecular formula is C11H18F2O2. The van der Waals surface area contributed by atoms with E-state index in [4.69, 9.17) is 4.74 Å². The summed E-state index contributed by atoms with van der Waals surface area (Å²) in [5.41, 5.74) is -0.655. The first kappa shape index (κ1) is 12.4. The van der Waals surface area contributed by atoms with E-state index in [2.05, 4.69) is 0 Å². The second-order valence-electron chi connectivity index (χ2n) is 4.21. The summed E-state index contributed by atoms with van der Waals surface area (Å²) in [4.78, 5) is 11.7. The van der Waals surface area contributed by atoms with Crippen LogP contribution in [0, 0.1) is 5.41 Å². The van der Waals surface area contributed by atoms with Crippen molar-refractivity contribution in [2.24, 2.45) is 5.41 Å². The second-order valence-corrected chi connectivity index (χ2v) is 4.21. The number of rotatable bonds is 3. The van der Waals surface area contributed by atoms with Crippen molar-refractivity contribution in [1.82, 2.24) is 0 Å². The lowest BCUT2D eigenvalue weighted by Crippen LogP contribution is -2.39. The fraction of sp³-hybridized carbons (Fsp3) is 0.909. The van der Waals surface area contributed by atoms with Crippen LogP contribution >= 0.6 is 0 Å². The topological polar surface area (TPSA) is 26.3 Å². The molecule has 0 heterocycles. The first-order valence-corrected chi connectivity index (χ1v) is 5.51. The average molecular weight is 220 g/mol. The highest BCUT2D eigenvalue weighted by Crippen LogP contribution is 2.46. The lowest BCUT2D eigenvalue weighted by atomic mass is 9.71. The van der Waals surface area contributed by atoms with Crippen molar-refractivity contribution < 1.29 is 18.3 Å². The van der Waals surface area contributed by atoms with Crippen molar-refractivity contribution in [2.75, 3.05) is 6.61 Å². The van der Waals surface area contributed by atoms with E-state index >= 15 is 0 Å². The molecule has 0 aromatic rings. The van der Waals surface area contributed by atoms with E-state index in [-0.39, 0.29) is 31.7 Å². The van der Waals surface area contributed by atoms with Gasteiger partial charge in [0.1, 0.15) is 0 Å². The van der Waals surface area contributed by atoms with E-state index in [1.165, 1.54) is 0 Å². The quantitative estimate of drug-likeness (QED) is 0.683. The summed E-state index contributed by atoms with van der Waals surface area (Å²) in [6, 6.07) is 0. The molecule has 15 heavy (non-hydrogen) atoms. The van der Waals surface area contributed by atoms with Crippen LogP contribution in [-0.4, -0.2) is 18.5 Å². The zero-order chi connectivity index (χ0) is 11.5. The molecule has 0 N–H and O–H groups in total. The molecule has 0 aromatic carbocycles. The molecule has 1 saturated carbocycles. The predicted octanol–water partition coefficient (Wildman–Crippen LogP) is 3.16. The third kappa shape index (κ3) is 2.67. The van der Waals surface area contributed by atoms with Gasteiger partial charge < -0.3 is 4.74 Å². The van der Waals surface area contributed by atoms with Crippen molar-refractivity contribution in [3.63, 3.8) is 0 Å². The minimum Gasteiger partial charge on any atom is -0.466 e. The molecule has 88 valence electrons. The minimum atomic E-state index is -2.59. The van der Waals surface area contributed by atoms with E-state index in [0.717, 1.165) is 0 Å². The van der Waals surface area contributed by atoms with Gasteiger partial charge in [-0.15, -0.1) is 0 Å². The van der Waals surface area contributed by atoms with E-state index in [1.54, 1.807) is 6.92 Å². The molecule has 0 saturated heterocycles. The minimum absolute atomic E-state index is 0.195. The van der Waals surface area contributed by atoms with E-state index < -0.39 is 11.3 Å². The second kappa shape index (κ2) is 4.45. The van der Waals surface area contributed by atoms with Gasteiger partial charge in [-0.2, -0.15) is 0 Å². The summed E-state index contributed by atoms with van der Waals surface area (Å²) in [5, 5.41) is 0. The van der Waals surface area contributed by atoms with E-state index in [0.29, 0.717) is 13.0 Å². The number of hydrogen-bond acceptors (Lipinski definition) is 2. The van der Waals surface area contributed by atoms with Gasteiger partial charge >= 0.3 is 5.97 Å². The molecule has 0 bridgehead atoms. The lowest BCUT2D eigenvalue weighted by molar-refractivity contribution is -0.163. The van der Waals surface area contributed by atoms with Gasteiger partial charge in [-0.05, 0) is 26.2 Å². The maximum Gasteiger partial charge on any atom is 0.312 e. The molecular weight excluding hydrogens is 202 g/mol. The van der Waals surface area contributed by atoms with Crippen LogP contribution in [-0.2, 0) is 9.53 Å². The highest BCUT2D eigenvalue weighted by Gasteiger charge is 2.47. The van der Waals surface area contributed by atoms with Crippen molar-refractivity contribution >= 4 is 5.97 Å². The zero-order valence-corrected chi connectivity index (χ0v) is 9.32. The van der Waals surface area contributed by atoms with Gasteiger partial charge in [0, 0.05) is 12.8 Å². The number of carbonyl (C=O) groups excluding carboxylic acids is 1. The Morgan fingerprint density at radius 1 is 1.20 bits per heavy atom. The monoisotopic (exact) mass is 220 g/mol. The molecule has 1 aliphatic rings. The smallest absolute Gasteiger partial charge is 0.312 e. The Morgan fingerprint density at radius 2 is 1.73 bits per heavy atom. The maximum atomic E-state index is 13.0. The van der Waals surface area contributed by atoms with Crippen LogP contribution in [0.15, 0.2) is 0 Å². The van der Waals surface area contributed by atoms with Crippen molar-refractivity contribution in [2.45, 2.75) is 51.9 Å². The molecule has 0 aliphatic heterocycles. The Labute approximate surface area is 89.0 Å². The Kier molecular flexibility index (Phi) is 3.68. The predicted molar refractivity (Wildman–Crippen MR) is 52.8 cm³/mol. The number of alkyl halides is 2. The van der Waals surface area contributed by atoms with Gasteiger partial charge in [-0.1, -0.05) is 6.92 Å². The molecule has 2 nitrogen and oxygen atoms in total. The summed E-state index contributed by atoms with van der Waals surface area (Å²) < 4.78 is 30.9. The zero-order valence-electron chi connectivity index (χ0n) is 9.32. The van der Waals surface area contributed by atoms with Gasteiger partial charge in [0.05, 0.1) is 12.0 Å². The molecule has 0 spiro atoms. The SMILES string of the molecule is CCOC(=O)C1(CC)CCC(F)(F)CC1. The lowest BCUT2D eigenvalue weighted by Gasteiger charge is -2.37. The van der Waals surface area contributed by atoms with Crippen molar-refractivity contribution in [1.29, 1.82) is 0 Å². The van der Waals surface area contributed by atoms with Gasteiger partial charge in [0.25, 0.3) is 0 Å². The highest BCUT2D eigenvalue weighted by atomic mass is 19.3. The molecule has 1 aliphatic carbocycles. The molecule has 0 radical (unpaired) electrons. The normalized spacial score (nSPS) is 23.5. The third-order valence-electron chi connectivity index (χ3n) is 3.32. The standard InChI is InChI=1S/C11H18F2O2/c1-3-10(9(14)15-4-2)5-7-11(12,13)8-6-10/h3-8H2,1-2H3. The summed E-state index contributed by atoms with van der Waals surface area (Å²) in [6.45, 7) is 3.91. The molecule has 0 aromatic heterocycles. The fourth-order valence-electron chi connectivity index (χ4n) is 2.08. The Hall–Kier alpha value is -0.670. The number of esters is 1. The average Bonchev–Trinajstić information content (AvgIpc) is 2.19. The van der Waals surface area contributed by atoms with E-state index in [1.807, 2.05) is 6.92 Å². The Morgan fingerprint density at radius 3 is 2.13 bits per heavy atom. The largest absolute Gasteiger partial charge is 0.466 e. The summed E-state index contributed by atoms with van der Waals surface area (Å²) in [5.74, 6) is -2.89. The van der Waals surface area contributed by atoms with Crippen molar-refractivity contribution in [3.8, 4) is 0 Å². The summed E-state index contributed by atoms with van der Waals surface area (Å²) >= 11 is 0. The van der Waals surface area contributed by atoms with Crippen LogP contribution in [0.25, 0.3) is 0 Å². The van der Waals surface area contributed by atoms with Crippen LogP contribution in [0.2, 0.25) is 0 Å². The van der Waals surface area contributed by atoms with Crippen LogP contribution in [0.4, 0.5) is 8.78 Å². The fourth-order valence-corrected chi connectivity index (χ4v) is 2.08.